The number of nitrogens with one attached hydrogen (secondary N) is 1. The van der Waals surface area contributed by atoms with Gasteiger partial charge in [-0.1, -0.05) is 0 Å². The molecule has 2 rings (SSSR count). The zero-order valence-electron chi connectivity index (χ0n) is 11.0. The highest BCUT2D eigenvalue weighted by Crippen LogP contribution is 2.24. The third-order valence-electron chi connectivity index (χ3n) is 3.25. The molecule has 0 amide bonds. The van der Waals surface area contributed by atoms with Crippen LogP contribution >= 0.6 is 0 Å². The number of piperazine rings is 1. The minimum Gasteiger partial charge on any atom is -0.336 e. The predicted molar refractivity (Wildman–Crippen MR) is 68.7 cm³/mol. The maximum absolute atomic E-state index is 12.6. The summed E-state index contributed by atoms with van der Waals surface area (Å²) in [5.41, 5.74) is -0.424. The molecule has 0 atom stereocenters. The van der Waals surface area contributed by atoms with Crippen molar-refractivity contribution in [2.24, 2.45) is 0 Å². The number of rotatable bonds is 3. The molecule has 0 aliphatic carbocycles. The molecule has 6 nitrogen and oxygen atoms in total. The van der Waals surface area contributed by atoms with Crippen LogP contribution in [0.1, 0.15) is 20.8 Å². The van der Waals surface area contributed by atoms with Crippen molar-refractivity contribution in [2.75, 3.05) is 19.6 Å². The molecule has 0 aromatic carbocycles. The lowest BCUT2D eigenvalue weighted by Crippen LogP contribution is -2.59. The van der Waals surface area contributed by atoms with Gasteiger partial charge in [-0.15, -0.1) is 0 Å². The molecule has 0 saturated carbocycles. The Morgan fingerprint density at radius 1 is 1.50 bits per heavy atom. The summed E-state index contributed by atoms with van der Waals surface area (Å²) in [7, 11) is -3.50. The Kier molecular flexibility index (Phi) is 3.48. The van der Waals surface area contributed by atoms with E-state index in [1.54, 1.807) is 21.4 Å². The van der Waals surface area contributed by atoms with Crippen molar-refractivity contribution in [1.82, 2.24) is 19.2 Å². The van der Waals surface area contributed by atoms with Crippen molar-refractivity contribution in [1.29, 1.82) is 0 Å². The molecule has 1 N–H and O–H groups in total. The van der Waals surface area contributed by atoms with Crippen molar-refractivity contribution >= 4 is 10.0 Å². The third kappa shape index (κ3) is 2.30. The fourth-order valence-corrected chi connectivity index (χ4v) is 3.89. The highest BCUT2D eigenvalue weighted by molar-refractivity contribution is 7.89. The summed E-state index contributed by atoms with van der Waals surface area (Å²) in [5.74, 6) is 0. The molecular formula is C11H20N4O2S. The van der Waals surface area contributed by atoms with Crippen molar-refractivity contribution in [3.63, 3.8) is 0 Å². The fourth-order valence-electron chi connectivity index (χ4n) is 2.17. The first-order valence-electron chi connectivity index (χ1n) is 6.13. The maximum atomic E-state index is 12.6. The van der Waals surface area contributed by atoms with Crippen LogP contribution in [0.4, 0.5) is 0 Å². The summed E-state index contributed by atoms with van der Waals surface area (Å²) < 4.78 is 28.4. The molecule has 1 saturated heterocycles. The number of hydrogen-bond donors (Lipinski definition) is 1. The monoisotopic (exact) mass is 272 g/mol. The molecule has 7 heteroatoms. The van der Waals surface area contributed by atoms with Crippen LogP contribution in [-0.4, -0.2) is 47.4 Å². The van der Waals surface area contributed by atoms with Crippen LogP contribution in [0.25, 0.3) is 0 Å². The minimum atomic E-state index is -3.50. The first-order valence-corrected chi connectivity index (χ1v) is 7.57. The zero-order valence-corrected chi connectivity index (χ0v) is 11.9. The number of aryl methyl sites for hydroxylation is 1. The molecule has 102 valence electrons. The van der Waals surface area contributed by atoms with Crippen LogP contribution in [-0.2, 0) is 16.6 Å². The molecule has 2 heterocycles. The second-order valence-electron chi connectivity index (χ2n) is 5.11. The highest BCUT2D eigenvalue weighted by Gasteiger charge is 2.39. The van der Waals surface area contributed by atoms with Crippen LogP contribution in [0, 0.1) is 0 Å². The van der Waals surface area contributed by atoms with E-state index in [9.17, 15) is 8.42 Å². The summed E-state index contributed by atoms with van der Waals surface area (Å²) in [6, 6.07) is 0. The van der Waals surface area contributed by atoms with Gasteiger partial charge in [0.05, 0.1) is 6.33 Å². The molecule has 18 heavy (non-hydrogen) atoms. The van der Waals surface area contributed by atoms with Gasteiger partial charge in [0, 0.05) is 37.9 Å². The van der Waals surface area contributed by atoms with E-state index in [0.717, 1.165) is 0 Å². The summed E-state index contributed by atoms with van der Waals surface area (Å²) in [5, 5.41) is 3.35. The van der Waals surface area contributed by atoms with Gasteiger partial charge in [-0.3, -0.25) is 0 Å². The van der Waals surface area contributed by atoms with Gasteiger partial charge in [-0.25, -0.2) is 13.4 Å². The van der Waals surface area contributed by atoms with Crippen molar-refractivity contribution in [3.05, 3.63) is 12.5 Å². The Hall–Kier alpha value is -0.920. The maximum Gasteiger partial charge on any atom is 0.262 e. The molecule has 1 aromatic heterocycles. The largest absolute Gasteiger partial charge is 0.336 e. The van der Waals surface area contributed by atoms with Gasteiger partial charge in [0.2, 0.25) is 0 Å². The number of nitrogens with zero attached hydrogens (tertiary/aromatic N) is 3. The highest BCUT2D eigenvalue weighted by atomic mass is 32.2. The molecule has 0 radical (unpaired) electrons. The summed E-state index contributed by atoms with van der Waals surface area (Å²) in [4.78, 5) is 4.01. The van der Waals surface area contributed by atoms with Crippen LogP contribution < -0.4 is 5.32 Å². The Labute approximate surface area is 108 Å². The van der Waals surface area contributed by atoms with Crippen molar-refractivity contribution in [2.45, 2.75) is 37.9 Å². The molecule has 1 aliphatic rings. The summed E-state index contributed by atoms with van der Waals surface area (Å²) >= 11 is 0. The van der Waals surface area contributed by atoms with Gasteiger partial charge >= 0.3 is 0 Å². The van der Waals surface area contributed by atoms with Gasteiger partial charge in [-0.2, -0.15) is 4.31 Å². The number of aromatic nitrogens is 2. The Balaban J connectivity index is 2.35. The molecule has 0 spiro atoms. The number of sulfonamides is 1. The van der Waals surface area contributed by atoms with E-state index in [4.69, 9.17) is 0 Å². The average molecular weight is 272 g/mol. The topological polar surface area (TPSA) is 67.2 Å². The number of imidazole rings is 1. The molecular weight excluding hydrogens is 252 g/mol. The Bertz CT molecular complexity index is 521. The SMILES string of the molecule is CCn1cnc(S(=O)(=O)N2CCNCC2(C)C)c1. The van der Waals surface area contributed by atoms with Gasteiger partial charge in [-0.05, 0) is 20.8 Å². The molecule has 0 unspecified atom stereocenters. The van der Waals surface area contributed by atoms with E-state index in [1.807, 2.05) is 20.8 Å². The summed E-state index contributed by atoms with van der Waals surface area (Å²) in [6.07, 6.45) is 3.15. The zero-order chi connectivity index (χ0) is 13.4. The van der Waals surface area contributed by atoms with E-state index in [1.165, 1.54) is 0 Å². The van der Waals surface area contributed by atoms with E-state index >= 15 is 0 Å². The van der Waals surface area contributed by atoms with Crippen molar-refractivity contribution < 1.29 is 8.42 Å². The molecule has 0 bridgehead atoms. The first kappa shape index (κ1) is 13.5. The van der Waals surface area contributed by atoms with E-state index < -0.39 is 15.6 Å². The lowest BCUT2D eigenvalue weighted by Gasteiger charge is -2.40. The van der Waals surface area contributed by atoms with E-state index in [-0.39, 0.29) is 5.03 Å². The van der Waals surface area contributed by atoms with E-state index in [2.05, 4.69) is 10.3 Å². The molecule has 1 aromatic rings. The normalized spacial score (nSPS) is 21.1. The lowest BCUT2D eigenvalue weighted by atomic mass is 10.0. The quantitative estimate of drug-likeness (QED) is 0.858. The van der Waals surface area contributed by atoms with Gasteiger partial charge < -0.3 is 9.88 Å². The lowest BCUT2D eigenvalue weighted by molar-refractivity contribution is 0.185. The Morgan fingerprint density at radius 2 is 2.22 bits per heavy atom. The molecule has 1 aliphatic heterocycles. The smallest absolute Gasteiger partial charge is 0.262 e. The fraction of sp³-hybridized carbons (Fsp3) is 0.727. The predicted octanol–water partition coefficient (Wildman–Crippen LogP) is 0.275. The van der Waals surface area contributed by atoms with Crippen molar-refractivity contribution in [3.8, 4) is 0 Å². The Morgan fingerprint density at radius 3 is 2.78 bits per heavy atom. The number of hydrogen-bond acceptors (Lipinski definition) is 4. The second kappa shape index (κ2) is 4.64. The third-order valence-corrected chi connectivity index (χ3v) is 5.25. The first-order chi connectivity index (χ1) is 8.38. The second-order valence-corrected chi connectivity index (χ2v) is 6.92. The van der Waals surface area contributed by atoms with Crippen LogP contribution in [0.15, 0.2) is 17.6 Å². The average Bonchev–Trinajstić information content (AvgIpc) is 2.77. The minimum absolute atomic E-state index is 0.138. The molecule has 1 fully saturated rings. The van der Waals surface area contributed by atoms with Crippen LogP contribution in [0.5, 0.6) is 0 Å². The van der Waals surface area contributed by atoms with Gasteiger partial charge in [0.1, 0.15) is 0 Å². The standard InChI is InChI=1S/C11H20N4O2S/c1-4-14-7-10(13-9-14)18(16,17)15-6-5-12-8-11(15,2)3/h7,9,12H,4-6,8H2,1-3H3. The summed E-state index contributed by atoms with van der Waals surface area (Å²) in [6.45, 7) is 8.33. The van der Waals surface area contributed by atoms with Crippen LogP contribution in [0.3, 0.4) is 0 Å². The van der Waals surface area contributed by atoms with E-state index in [0.29, 0.717) is 26.2 Å². The van der Waals surface area contributed by atoms with Gasteiger partial charge in [0.15, 0.2) is 5.03 Å². The van der Waals surface area contributed by atoms with Gasteiger partial charge in [0.25, 0.3) is 10.0 Å². The van der Waals surface area contributed by atoms with Crippen LogP contribution in [0.2, 0.25) is 0 Å².